The molecule has 0 aliphatic heterocycles. The Hall–Kier alpha value is -3.25. The number of hydrogen-bond acceptors (Lipinski definition) is 5. The molecule has 0 fully saturated rings. The lowest BCUT2D eigenvalue weighted by Gasteiger charge is -2.08. The number of aromatic nitrogens is 2. The molecule has 2 aromatic heterocycles. The van der Waals surface area contributed by atoms with E-state index in [1.54, 1.807) is 17.5 Å². The third kappa shape index (κ3) is 4.12. The Labute approximate surface area is 160 Å². The molecule has 0 saturated carbocycles. The van der Waals surface area contributed by atoms with Crippen LogP contribution in [0.4, 0.5) is 5.69 Å². The van der Waals surface area contributed by atoms with Crippen LogP contribution in [-0.2, 0) is 4.79 Å². The molecule has 134 valence electrons. The smallest absolute Gasteiger partial charge is 0.262 e. The van der Waals surface area contributed by atoms with Crippen LogP contribution in [0.5, 0.6) is 5.75 Å². The summed E-state index contributed by atoms with van der Waals surface area (Å²) in [6.07, 6.45) is 3.54. The van der Waals surface area contributed by atoms with Gasteiger partial charge in [-0.25, -0.2) is 4.98 Å². The summed E-state index contributed by atoms with van der Waals surface area (Å²) in [6, 6.07) is 17.2. The van der Waals surface area contributed by atoms with Crippen LogP contribution in [-0.4, -0.2) is 22.5 Å². The summed E-state index contributed by atoms with van der Waals surface area (Å²) in [5, 5.41) is 3.76. The first kappa shape index (κ1) is 17.2. The first-order chi connectivity index (χ1) is 13.2. The second-order valence-electron chi connectivity index (χ2n) is 6.10. The van der Waals surface area contributed by atoms with E-state index in [4.69, 9.17) is 4.74 Å². The van der Waals surface area contributed by atoms with Crippen LogP contribution in [0.25, 0.3) is 20.8 Å². The summed E-state index contributed by atoms with van der Waals surface area (Å²) in [5.41, 5.74) is 3.67. The van der Waals surface area contributed by atoms with Crippen molar-refractivity contribution in [1.29, 1.82) is 0 Å². The number of benzene rings is 2. The number of thiazole rings is 1. The standard InChI is InChI=1S/C21H17N3O2S/c1-14-4-2-7-17(10-14)26-13-20(25)23-16-6-3-5-15(11-16)21-24-18-8-9-22-12-19(18)27-21/h2-12H,13H2,1H3,(H,23,25). The fourth-order valence-electron chi connectivity index (χ4n) is 2.68. The molecule has 0 radical (unpaired) electrons. The van der Waals surface area contributed by atoms with Crippen LogP contribution in [0.15, 0.2) is 67.0 Å². The molecule has 5 nitrogen and oxygen atoms in total. The molecular formula is C21H17N3O2S. The zero-order valence-corrected chi connectivity index (χ0v) is 15.5. The van der Waals surface area contributed by atoms with Crippen LogP contribution >= 0.6 is 11.3 Å². The number of hydrogen-bond donors (Lipinski definition) is 1. The average molecular weight is 375 g/mol. The monoisotopic (exact) mass is 375 g/mol. The van der Waals surface area contributed by atoms with Gasteiger partial charge in [-0.3, -0.25) is 9.78 Å². The van der Waals surface area contributed by atoms with Gasteiger partial charge >= 0.3 is 0 Å². The van der Waals surface area contributed by atoms with Crippen molar-refractivity contribution >= 4 is 33.1 Å². The maximum atomic E-state index is 12.2. The van der Waals surface area contributed by atoms with Gasteiger partial charge in [0.25, 0.3) is 5.91 Å². The highest BCUT2D eigenvalue weighted by Gasteiger charge is 2.09. The molecule has 1 N–H and O–H groups in total. The van der Waals surface area contributed by atoms with Gasteiger partial charge in [-0.1, -0.05) is 24.3 Å². The molecule has 27 heavy (non-hydrogen) atoms. The summed E-state index contributed by atoms with van der Waals surface area (Å²) in [4.78, 5) is 21.0. The van der Waals surface area contributed by atoms with E-state index in [0.717, 1.165) is 26.4 Å². The summed E-state index contributed by atoms with van der Waals surface area (Å²) in [7, 11) is 0. The number of ether oxygens (including phenoxy) is 1. The molecule has 0 unspecified atom stereocenters. The maximum absolute atomic E-state index is 12.2. The largest absolute Gasteiger partial charge is 0.484 e. The number of pyridine rings is 1. The van der Waals surface area contributed by atoms with Crippen LogP contribution in [0.1, 0.15) is 5.56 Å². The number of fused-ring (bicyclic) bond motifs is 1. The van der Waals surface area contributed by atoms with Crippen LogP contribution in [0.2, 0.25) is 0 Å². The number of amides is 1. The number of nitrogens with one attached hydrogen (secondary N) is 1. The first-order valence-electron chi connectivity index (χ1n) is 8.48. The van der Waals surface area contributed by atoms with Crippen LogP contribution in [0.3, 0.4) is 0 Å². The van der Waals surface area contributed by atoms with E-state index in [1.807, 2.05) is 67.7 Å². The van der Waals surface area contributed by atoms with Crippen molar-refractivity contribution < 1.29 is 9.53 Å². The molecule has 6 heteroatoms. The number of nitrogens with zero attached hydrogens (tertiary/aromatic N) is 2. The number of carbonyl (C=O) groups excluding carboxylic acids is 1. The number of rotatable bonds is 5. The third-order valence-electron chi connectivity index (χ3n) is 3.94. The third-order valence-corrected chi connectivity index (χ3v) is 5.00. The van der Waals surface area contributed by atoms with Crippen molar-refractivity contribution in [2.45, 2.75) is 6.92 Å². The zero-order chi connectivity index (χ0) is 18.6. The van der Waals surface area contributed by atoms with E-state index in [9.17, 15) is 4.79 Å². The Bertz CT molecular complexity index is 1070. The molecule has 4 rings (SSSR count). The van der Waals surface area contributed by atoms with E-state index in [0.29, 0.717) is 11.4 Å². The molecule has 0 saturated heterocycles. The Morgan fingerprint density at radius 2 is 2.04 bits per heavy atom. The SMILES string of the molecule is Cc1cccc(OCC(=O)Nc2cccc(-c3nc4ccncc4s3)c2)c1. The van der Waals surface area contributed by atoms with E-state index >= 15 is 0 Å². The predicted octanol–water partition coefficient (Wildman–Crippen LogP) is 4.68. The minimum atomic E-state index is -0.206. The zero-order valence-electron chi connectivity index (χ0n) is 14.7. The molecule has 0 aliphatic carbocycles. The number of aryl methyl sites for hydroxylation is 1. The molecule has 2 heterocycles. The van der Waals surface area contributed by atoms with E-state index in [2.05, 4.69) is 15.3 Å². The van der Waals surface area contributed by atoms with Crippen molar-refractivity contribution in [3.05, 3.63) is 72.6 Å². The first-order valence-corrected chi connectivity index (χ1v) is 9.29. The molecule has 0 bridgehead atoms. The predicted molar refractivity (Wildman–Crippen MR) is 108 cm³/mol. The van der Waals surface area contributed by atoms with Gasteiger partial charge in [0.15, 0.2) is 6.61 Å². The lowest BCUT2D eigenvalue weighted by atomic mass is 10.2. The lowest BCUT2D eigenvalue weighted by molar-refractivity contribution is -0.118. The molecule has 0 spiro atoms. The highest BCUT2D eigenvalue weighted by Crippen LogP contribution is 2.30. The Morgan fingerprint density at radius 1 is 1.15 bits per heavy atom. The van der Waals surface area contributed by atoms with E-state index in [1.165, 1.54) is 0 Å². The van der Waals surface area contributed by atoms with Gasteiger partial charge in [-0.05, 0) is 42.8 Å². The van der Waals surface area contributed by atoms with Crippen molar-refractivity contribution in [1.82, 2.24) is 9.97 Å². The normalized spacial score (nSPS) is 10.7. The number of anilines is 1. The molecule has 1 amide bonds. The topological polar surface area (TPSA) is 64.1 Å². The Balaban J connectivity index is 1.45. The minimum absolute atomic E-state index is 0.0412. The quantitative estimate of drug-likeness (QED) is 0.550. The summed E-state index contributed by atoms with van der Waals surface area (Å²) in [5.74, 6) is 0.476. The highest BCUT2D eigenvalue weighted by molar-refractivity contribution is 7.21. The highest BCUT2D eigenvalue weighted by atomic mass is 32.1. The second-order valence-corrected chi connectivity index (χ2v) is 7.13. The van der Waals surface area contributed by atoms with Crippen molar-refractivity contribution in [2.75, 3.05) is 11.9 Å². The van der Waals surface area contributed by atoms with Gasteiger partial charge in [0.2, 0.25) is 0 Å². The maximum Gasteiger partial charge on any atom is 0.262 e. The summed E-state index contributed by atoms with van der Waals surface area (Å²) in [6.45, 7) is 1.94. The summed E-state index contributed by atoms with van der Waals surface area (Å²) >= 11 is 1.58. The van der Waals surface area contributed by atoms with Gasteiger partial charge < -0.3 is 10.1 Å². The molecule has 0 atom stereocenters. The second kappa shape index (κ2) is 7.55. The summed E-state index contributed by atoms with van der Waals surface area (Å²) < 4.78 is 6.58. The van der Waals surface area contributed by atoms with Gasteiger partial charge in [-0.15, -0.1) is 11.3 Å². The van der Waals surface area contributed by atoms with Crippen LogP contribution in [0, 0.1) is 6.92 Å². The molecule has 2 aromatic carbocycles. The fraction of sp³-hybridized carbons (Fsp3) is 0.0952. The van der Waals surface area contributed by atoms with Crippen molar-refractivity contribution in [3.8, 4) is 16.3 Å². The Morgan fingerprint density at radius 3 is 2.89 bits per heavy atom. The van der Waals surface area contributed by atoms with E-state index < -0.39 is 0 Å². The van der Waals surface area contributed by atoms with Crippen LogP contribution < -0.4 is 10.1 Å². The van der Waals surface area contributed by atoms with Gasteiger partial charge in [-0.2, -0.15) is 0 Å². The van der Waals surface area contributed by atoms with Gasteiger partial charge in [0.1, 0.15) is 10.8 Å². The van der Waals surface area contributed by atoms with Crippen molar-refractivity contribution in [2.24, 2.45) is 0 Å². The van der Waals surface area contributed by atoms with Gasteiger partial charge in [0, 0.05) is 23.6 Å². The van der Waals surface area contributed by atoms with Crippen molar-refractivity contribution in [3.63, 3.8) is 0 Å². The molecule has 4 aromatic rings. The number of carbonyl (C=O) groups is 1. The molecular weight excluding hydrogens is 358 g/mol. The van der Waals surface area contributed by atoms with Gasteiger partial charge in [0.05, 0.1) is 10.2 Å². The lowest BCUT2D eigenvalue weighted by Crippen LogP contribution is -2.20. The van der Waals surface area contributed by atoms with E-state index in [-0.39, 0.29) is 12.5 Å². The minimum Gasteiger partial charge on any atom is -0.484 e. The fourth-order valence-corrected chi connectivity index (χ4v) is 3.61. The molecule has 0 aliphatic rings. The Kier molecular flexibility index (Phi) is 4.80. The average Bonchev–Trinajstić information content (AvgIpc) is 3.11.